The van der Waals surface area contributed by atoms with Crippen LogP contribution in [0, 0.1) is 25.6 Å². The molecule has 510 valence electrons. The lowest BCUT2D eigenvalue weighted by molar-refractivity contribution is 0.223. The van der Waals surface area contributed by atoms with E-state index in [1.807, 2.05) is 100 Å². The third kappa shape index (κ3) is 15.7. The molecule has 99 heavy (non-hydrogen) atoms. The Labute approximate surface area is 580 Å². The predicted octanol–water partition coefficient (Wildman–Crippen LogP) is 15.5. The number of rotatable bonds is 3. The van der Waals surface area contributed by atoms with Crippen LogP contribution in [-0.4, -0.2) is 89.9 Å². The number of nitrogen functional groups attached to an aromatic ring is 3. The zero-order valence-corrected chi connectivity index (χ0v) is 60.1. The van der Waals surface area contributed by atoms with Gasteiger partial charge in [0, 0.05) is 164 Å². The van der Waals surface area contributed by atoms with Crippen molar-refractivity contribution in [1.29, 1.82) is 4.78 Å². The van der Waals surface area contributed by atoms with Crippen LogP contribution in [0.3, 0.4) is 0 Å². The highest BCUT2D eigenvalue weighted by atomic mass is 32.2. The van der Waals surface area contributed by atoms with Crippen molar-refractivity contribution in [2.45, 2.75) is 90.9 Å². The molecule has 0 spiro atoms. The lowest BCUT2D eigenvalue weighted by Gasteiger charge is -2.25. The number of nitrogens with zero attached hydrogens (tertiary/aromatic N) is 10. The number of hydrogen-bond acceptors (Lipinski definition) is 18. The van der Waals surface area contributed by atoms with Crippen LogP contribution < -0.4 is 31.4 Å². The molecule has 0 fully saturated rings. The number of nitrogens with one attached hydrogen (secondary N) is 1. The summed E-state index contributed by atoms with van der Waals surface area (Å²) in [6, 6.07) is 42.1. The van der Waals surface area contributed by atoms with Crippen molar-refractivity contribution < 1.29 is 26.8 Å². The third-order valence-corrected chi connectivity index (χ3v) is 19.8. The largest absolute Gasteiger partial charge is 0.482 e. The standard InChI is InChI=1S/C26H27N5O2S.C25H25N5O2S.C25H30N4O2S/c1-16-5-8-21-22(11-16)17(2)33-24-12-19(14-29-25(24)27)23-13-20(30-34(3,4)32)7-6-18(23)15-31-10-9-28-26(21)31;1-15-4-7-20-21(10-15)16(2)32-23-11-18(13-29-24(23)26)22-12-19(33(3,27)31)6-5-17(22)14-30-9-8-28-25(20)30;1-16-6-7-18-14-29(3)15-19-8-9-21(28-32(4,5)30)12-23(19)20-11-24(25(26)27-13-20)31-17(2)22(18)10-16/h5-14,17H,15H2,1-4H3,(H2,27,29);4-13,16,27H,14H2,1-3H3,(H2,26,29);6-13,17H,14-15H2,1-5H3,(H2,26,27)/t17-;16-,33?;17-/m111/s1. The van der Waals surface area contributed by atoms with Crippen molar-refractivity contribution in [2.75, 3.05) is 55.5 Å². The number of benzene rings is 6. The van der Waals surface area contributed by atoms with Gasteiger partial charge in [-0.1, -0.05) is 89.5 Å². The molecule has 0 saturated heterocycles. The van der Waals surface area contributed by atoms with Crippen LogP contribution in [-0.2, 0) is 55.4 Å². The number of hydrogen-bond donors (Lipinski definition) is 4. The molecular formula is C76H82N14O6S3. The Morgan fingerprint density at radius 1 is 0.444 bits per heavy atom. The van der Waals surface area contributed by atoms with Crippen molar-refractivity contribution >= 4 is 58.0 Å². The Kier molecular flexibility index (Phi) is 19.2. The van der Waals surface area contributed by atoms with E-state index in [9.17, 15) is 12.6 Å². The summed E-state index contributed by atoms with van der Waals surface area (Å²) in [6.45, 7) is 14.9. The molecule has 7 N–H and O–H groups in total. The average molecular weight is 1380 g/mol. The number of nitrogens with two attached hydrogens (primary N) is 3. The van der Waals surface area contributed by atoms with Gasteiger partial charge in [0.1, 0.15) is 30.0 Å². The van der Waals surface area contributed by atoms with Crippen LogP contribution in [0.15, 0.2) is 184 Å². The van der Waals surface area contributed by atoms with Crippen LogP contribution in [0.25, 0.3) is 56.2 Å². The molecular weight excluding hydrogens is 1300 g/mol. The first-order valence-electron chi connectivity index (χ1n) is 32.2. The van der Waals surface area contributed by atoms with E-state index in [0.29, 0.717) is 64.1 Å². The van der Waals surface area contributed by atoms with Gasteiger partial charge >= 0.3 is 0 Å². The summed E-state index contributed by atoms with van der Waals surface area (Å²) in [5.74, 6) is 4.25. The van der Waals surface area contributed by atoms with Crippen molar-refractivity contribution in [3.63, 3.8) is 0 Å². The van der Waals surface area contributed by atoms with Gasteiger partial charge in [-0.15, -0.1) is 0 Å². The molecule has 5 aromatic heterocycles. The molecule has 6 aromatic carbocycles. The minimum atomic E-state index is -2.89. The van der Waals surface area contributed by atoms with Crippen molar-refractivity contribution in [2.24, 2.45) is 8.73 Å². The normalized spacial score (nSPS) is 16.2. The highest BCUT2D eigenvalue weighted by molar-refractivity contribution is 7.92. The van der Waals surface area contributed by atoms with Gasteiger partial charge in [-0.25, -0.2) is 42.3 Å². The van der Waals surface area contributed by atoms with Crippen LogP contribution in [0.2, 0.25) is 0 Å². The van der Waals surface area contributed by atoms with Gasteiger partial charge in [-0.2, -0.15) is 8.73 Å². The van der Waals surface area contributed by atoms with E-state index in [-0.39, 0.29) is 18.3 Å². The van der Waals surface area contributed by atoms with E-state index in [1.54, 1.807) is 55.9 Å². The molecule has 11 aromatic rings. The lowest BCUT2D eigenvalue weighted by atomic mass is 9.97. The van der Waals surface area contributed by atoms with Crippen LogP contribution in [0.1, 0.15) is 94.7 Å². The van der Waals surface area contributed by atoms with Gasteiger partial charge in [-0.05, 0) is 148 Å². The molecule has 3 aliphatic heterocycles. The Morgan fingerprint density at radius 2 is 0.808 bits per heavy atom. The molecule has 8 heterocycles. The number of ether oxygens (including phenoxy) is 3. The van der Waals surface area contributed by atoms with Gasteiger partial charge in [0.25, 0.3) is 0 Å². The fourth-order valence-electron chi connectivity index (χ4n) is 12.7. The van der Waals surface area contributed by atoms with Gasteiger partial charge < -0.3 is 40.5 Å². The zero-order chi connectivity index (χ0) is 70.4. The highest BCUT2D eigenvalue weighted by Crippen LogP contribution is 2.42. The Hall–Kier alpha value is -10.2. The average Bonchev–Trinajstić information content (AvgIpc) is 1.75. The maximum Gasteiger partial charge on any atom is 0.166 e. The van der Waals surface area contributed by atoms with E-state index in [0.717, 1.165) is 114 Å². The maximum atomic E-state index is 12.5. The van der Waals surface area contributed by atoms with E-state index >= 15 is 0 Å². The topological polar surface area (TPSA) is 283 Å². The molecule has 0 aliphatic carbocycles. The monoisotopic (exact) mass is 1380 g/mol. The molecule has 23 heteroatoms. The first-order chi connectivity index (χ1) is 47.0. The SMILES string of the molecule is Cc1ccc2c(c1)[C@@H](C)Oc1cc(cnc1N)-c1cc(N=S(C)(C)=O)ccc1CN(C)C2.Cc1ccc2c(c1)[C@@H](C)Oc1cc(cnc1N)-c1cc(N=S(C)(C)=O)ccc1Cn1ccnc1-2.Cc1ccc2c(c1)[C@@H](C)Oc1cc(cnc1N)-c1cc(S(C)(=N)=O)ccc1Cn1ccnc1-2. The number of fused-ring (bicyclic) bond motifs is 19. The van der Waals surface area contributed by atoms with Crippen molar-refractivity contribution in [1.82, 2.24) is 39.0 Å². The molecule has 3 aliphatic rings. The quantitative estimate of drug-likeness (QED) is 0.128. The zero-order valence-electron chi connectivity index (χ0n) is 57.6. The second-order valence-corrected chi connectivity index (χ2v) is 33.6. The maximum absolute atomic E-state index is 12.5. The number of anilines is 3. The molecule has 4 atom stereocenters. The minimum absolute atomic E-state index is 0.178. The Bertz CT molecular complexity index is 5340. The smallest absolute Gasteiger partial charge is 0.166 e. The van der Waals surface area contributed by atoms with Gasteiger partial charge in [-0.3, -0.25) is 4.90 Å². The van der Waals surface area contributed by atoms with E-state index in [4.69, 9.17) is 36.2 Å². The summed E-state index contributed by atoms with van der Waals surface area (Å²) in [5.41, 5.74) is 38.3. The molecule has 20 nitrogen and oxygen atoms in total. The lowest BCUT2D eigenvalue weighted by Crippen LogP contribution is -2.20. The van der Waals surface area contributed by atoms with E-state index in [1.165, 1.54) is 17.4 Å². The fraction of sp³-hybridized carbons (Fsp3) is 0.250. The van der Waals surface area contributed by atoms with Crippen LogP contribution >= 0.6 is 0 Å². The van der Waals surface area contributed by atoms with Crippen molar-refractivity contribution in [3.8, 4) is 73.4 Å². The number of pyridine rings is 3. The molecule has 1 unspecified atom stereocenters. The number of imidazole rings is 2. The highest BCUT2D eigenvalue weighted by Gasteiger charge is 2.26. The van der Waals surface area contributed by atoms with Gasteiger partial charge in [0.2, 0.25) is 0 Å². The summed E-state index contributed by atoms with van der Waals surface area (Å²) in [4.78, 5) is 25.3. The molecule has 0 amide bonds. The first kappa shape index (κ1) is 68.7. The summed E-state index contributed by atoms with van der Waals surface area (Å²) in [7, 11) is -5.35. The first-order valence-corrected chi connectivity index (χ1v) is 38.9. The molecule has 14 rings (SSSR count). The van der Waals surface area contributed by atoms with E-state index < -0.39 is 29.2 Å². The van der Waals surface area contributed by atoms with Crippen LogP contribution in [0.5, 0.6) is 17.2 Å². The molecule has 0 saturated carbocycles. The third-order valence-electron chi connectivity index (χ3n) is 17.4. The fourth-order valence-corrected chi connectivity index (χ4v) is 14.6. The van der Waals surface area contributed by atoms with E-state index in [2.05, 4.69) is 136 Å². The van der Waals surface area contributed by atoms with Gasteiger partial charge in [0.05, 0.1) is 21.1 Å². The minimum Gasteiger partial charge on any atom is -0.482 e. The summed E-state index contributed by atoms with van der Waals surface area (Å²) in [5, 5.41) is 0. The van der Waals surface area contributed by atoms with Crippen LogP contribution in [0.4, 0.5) is 28.8 Å². The second-order valence-electron chi connectivity index (χ2n) is 26.3. The Balaban J connectivity index is 0.000000141. The number of aryl methyl sites for hydroxylation is 3. The summed E-state index contributed by atoms with van der Waals surface area (Å²) < 4.78 is 77.2. The van der Waals surface area contributed by atoms with Gasteiger partial charge in [0.15, 0.2) is 34.7 Å². The second kappa shape index (κ2) is 27.6. The summed E-state index contributed by atoms with van der Waals surface area (Å²) >= 11 is 0. The predicted molar refractivity (Wildman–Crippen MR) is 398 cm³/mol. The Morgan fingerprint density at radius 3 is 1.23 bits per heavy atom. The molecule has 0 radical (unpaired) electrons. The number of aromatic nitrogens is 7. The van der Waals surface area contributed by atoms with Crippen molar-refractivity contribution in [3.05, 3.63) is 226 Å². The molecule has 6 bridgehead atoms. The summed E-state index contributed by atoms with van der Waals surface area (Å²) in [6.07, 6.45) is 19.9.